The van der Waals surface area contributed by atoms with E-state index in [9.17, 15) is 0 Å². The molecule has 0 fully saturated rings. The molecule has 8 aromatic rings. The number of benzene rings is 5. The second-order valence-electron chi connectivity index (χ2n) is 16.2. The van der Waals surface area contributed by atoms with Gasteiger partial charge in [-0.05, 0) is 111 Å². The summed E-state index contributed by atoms with van der Waals surface area (Å²) >= 11 is 0. The van der Waals surface area contributed by atoms with E-state index >= 15 is 0 Å². The Morgan fingerprint density at radius 2 is 1.53 bits per heavy atom. The van der Waals surface area contributed by atoms with E-state index in [2.05, 4.69) is 205 Å². The first-order valence-corrected chi connectivity index (χ1v) is 21.5. The standard InChI is InChI=1S/C56H51N3/c1-5-19-38(20-6-2)40-34-41(39-22-11-9-12-23-39)36-44(35-40)57(43-32-33-47-45(21-7-3)51(8-4)58(54(47)37-43)42-24-13-10-14-25-42)53-31-18-29-50-49-28-17-27-48-46-26-15-16-30-52(46)59(55(48)49)56(50)53/h5,7-8,10-11,13-19,21-34,36-38,40H,4,6,9,12,20,35H2,1-3H3/b19-5-,21-7-. The molecule has 0 radical (unpaired) electrons. The van der Waals surface area contributed by atoms with Gasteiger partial charge in [0.25, 0.3) is 0 Å². The van der Waals surface area contributed by atoms with Crippen molar-refractivity contribution in [3.05, 3.63) is 192 Å². The molecule has 59 heavy (non-hydrogen) atoms. The summed E-state index contributed by atoms with van der Waals surface area (Å²) in [6.45, 7) is 10.9. The van der Waals surface area contributed by atoms with E-state index < -0.39 is 0 Å². The van der Waals surface area contributed by atoms with Crippen LogP contribution >= 0.6 is 0 Å². The molecule has 5 aromatic carbocycles. The van der Waals surface area contributed by atoms with Gasteiger partial charge in [0.05, 0.1) is 33.4 Å². The van der Waals surface area contributed by atoms with E-state index in [1.807, 2.05) is 6.08 Å². The van der Waals surface area contributed by atoms with Gasteiger partial charge in [-0.2, -0.15) is 0 Å². The number of aromatic nitrogens is 2. The quantitative estimate of drug-likeness (QED) is 0.120. The Bertz CT molecular complexity index is 3080. The number of anilines is 2. The summed E-state index contributed by atoms with van der Waals surface area (Å²) in [6, 6.07) is 40.5. The maximum Gasteiger partial charge on any atom is 0.0782 e. The SMILES string of the molecule is C=Cc1c(/C=C\C)c2ccc(N(C3=CC(C4=CCCC=C4)=CC(C(/C=C\C)CCC)C3)c3cccc4c5cccc6c7ccccc7n(c34)c65)cc2n1-c1ccccc1. The van der Waals surface area contributed by atoms with Crippen LogP contribution in [-0.4, -0.2) is 8.97 Å². The molecule has 3 heterocycles. The van der Waals surface area contributed by atoms with Gasteiger partial charge < -0.3 is 13.9 Å². The number of hydrogen-bond donors (Lipinski definition) is 0. The van der Waals surface area contributed by atoms with Crippen LogP contribution < -0.4 is 4.90 Å². The van der Waals surface area contributed by atoms with Gasteiger partial charge in [0, 0.05) is 49.6 Å². The van der Waals surface area contributed by atoms with E-state index in [0.717, 1.165) is 54.7 Å². The van der Waals surface area contributed by atoms with Crippen molar-refractivity contribution in [3.8, 4) is 5.69 Å². The molecule has 0 saturated carbocycles. The molecular weight excluding hydrogens is 715 g/mol. The number of rotatable bonds is 11. The third-order valence-corrected chi connectivity index (χ3v) is 12.7. The van der Waals surface area contributed by atoms with Crippen molar-refractivity contribution in [2.24, 2.45) is 11.8 Å². The zero-order valence-corrected chi connectivity index (χ0v) is 34.4. The molecule has 290 valence electrons. The van der Waals surface area contributed by atoms with Crippen molar-refractivity contribution >= 4 is 72.5 Å². The average molecular weight is 766 g/mol. The molecule has 0 bridgehead atoms. The Balaban J connectivity index is 1.30. The zero-order valence-electron chi connectivity index (χ0n) is 34.4. The third-order valence-electron chi connectivity index (χ3n) is 12.7. The number of para-hydroxylation sites is 4. The molecule has 3 nitrogen and oxygen atoms in total. The fourth-order valence-electron chi connectivity index (χ4n) is 10.2. The highest BCUT2D eigenvalue weighted by atomic mass is 15.2. The molecule has 0 spiro atoms. The molecule has 2 unspecified atom stereocenters. The van der Waals surface area contributed by atoms with E-state index in [-0.39, 0.29) is 0 Å². The molecule has 0 amide bonds. The number of nitrogens with zero attached hydrogens (tertiary/aromatic N) is 3. The molecule has 0 saturated heterocycles. The zero-order chi connectivity index (χ0) is 40.0. The Kier molecular flexibility index (Phi) is 9.53. The molecule has 3 aromatic heterocycles. The van der Waals surface area contributed by atoms with Gasteiger partial charge in [-0.25, -0.2) is 0 Å². The third kappa shape index (κ3) is 6.02. The second-order valence-corrected chi connectivity index (χ2v) is 16.2. The van der Waals surface area contributed by atoms with Crippen LogP contribution in [0.1, 0.15) is 64.1 Å². The summed E-state index contributed by atoms with van der Waals surface area (Å²) in [4.78, 5) is 2.61. The molecule has 10 rings (SSSR count). The highest BCUT2D eigenvalue weighted by Crippen LogP contribution is 2.48. The molecule has 2 aliphatic carbocycles. The van der Waals surface area contributed by atoms with Gasteiger partial charge in [0.15, 0.2) is 0 Å². The van der Waals surface area contributed by atoms with Crippen LogP contribution in [0.25, 0.3) is 66.8 Å². The summed E-state index contributed by atoms with van der Waals surface area (Å²) in [5, 5.41) is 6.36. The second kappa shape index (κ2) is 15.3. The topological polar surface area (TPSA) is 12.6 Å². The summed E-state index contributed by atoms with van der Waals surface area (Å²) in [6.07, 6.45) is 28.7. The monoisotopic (exact) mass is 765 g/mol. The maximum atomic E-state index is 4.34. The molecular formula is C56H51N3. The highest BCUT2D eigenvalue weighted by Gasteiger charge is 2.30. The van der Waals surface area contributed by atoms with E-state index in [1.165, 1.54) is 71.6 Å². The highest BCUT2D eigenvalue weighted by molar-refractivity contribution is 6.25. The number of hydrogen-bond acceptors (Lipinski definition) is 1. The van der Waals surface area contributed by atoms with E-state index in [4.69, 9.17) is 0 Å². The first-order chi connectivity index (χ1) is 29.1. The van der Waals surface area contributed by atoms with Crippen LogP contribution in [0, 0.1) is 11.8 Å². The Morgan fingerprint density at radius 1 is 0.763 bits per heavy atom. The van der Waals surface area contributed by atoms with Crippen LogP contribution in [0.2, 0.25) is 0 Å². The first-order valence-electron chi connectivity index (χ1n) is 21.5. The minimum absolute atomic E-state index is 0.346. The molecule has 2 aliphatic rings. The van der Waals surface area contributed by atoms with Crippen molar-refractivity contribution in [2.75, 3.05) is 4.90 Å². The molecule has 2 atom stereocenters. The Labute approximate surface area is 347 Å². The fourth-order valence-corrected chi connectivity index (χ4v) is 10.2. The van der Waals surface area contributed by atoms with Gasteiger partial charge >= 0.3 is 0 Å². The molecule has 0 aliphatic heterocycles. The van der Waals surface area contributed by atoms with Crippen LogP contribution in [0.5, 0.6) is 0 Å². The van der Waals surface area contributed by atoms with Gasteiger partial charge in [0.2, 0.25) is 0 Å². The smallest absolute Gasteiger partial charge is 0.0782 e. The number of fused-ring (bicyclic) bond motifs is 7. The van der Waals surface area contributed by atoms with Crippen LogP contribution in [0.15, 0.2) is 181 Å². The fraction of sp³-hybridized carbons (Fsp3) is 0.179. The van der Waals surface area contributed by atoms with Crippen molar-refractivity contribution in [1.82, 2.24) is 8.97 Å². The van der Waals surface area contributed by atoms with Gasteiger partial charge in [0.1, 0.15) is 0 Å². The predicted octanol–water partition coefficient (Wildman–Crippen LogP) is 15.7. The van der Waals surface area contributed by atoms with Gasteiger partial charge in [-0.15, -0.1) is 0 Å². The lowest BCUT2D eigenvalue weighted by atomic mass is 9.79. The number of allylic oxidation sites excluding steroid dienone is 11. The Morgan fingerprint density at radius 3 is 2.29 bits per heavy atom. The van der Waals surface area contributed by atoms with E-state index in [0.29, 0.717) is 11.8 Å². The van der Waals surface area contributed by atoms with Gasteiger partial charge in [-0.3, -0.25) is 0 Å². The minimum Gasteiger partial charge on any atom is -0.312 e. The average Bonchev–Trinajstić information content (AvgIpc) is 3.92. The largest absolute Gasteiger partial charge is 0.312 e. The van der Waals surface area contributed by atoms with Crippen molar-refractivity contribution < 1.29 is 0 Å². The maximum absolute atomic E-state index is 4.34. The van der Waals surface area contributed by atoms with Crippen LogP contribution in [0.3, 0.4) is 0 Å². The molecule has 3 heteroatoms. The first kappa shape index (κ1) is 36.7. The van der Waals surface area contributed by atoms with Gasteiger partial charge in [-0.1, -0.05) is 141 Å². The van der Waals surface area contributed by atoms with E-state index in [1.54, 1.807) is 0 Å². The summed E-state index contributed by atoms with van der Waals surface area (Å²) in [5.74, 6) is 0.785. The molecule has 0 N–H and O–H groups in total. The van der Waals surface area contributed by atoms with Crippen molar-refractivity contribution in [1.29, 1.82) is 0 Å². The lowest BCUT2D eigenvalue weighted by molar-refractivity contribution is 0.430. The van der Waals surface area contributed by atoms with Crippen LogP contribution in [0.4, 0.5) is 11.4 Å². The predicted molar refractivity (Wildman–Crippen MR) is 255 cm³/mol. The lowest BCUT2D eigenvalue weighted by Gasteiger charge is -2.35. The summed E-state index contributed by atoms with van der Waals surface area (Å²) < 4.78 is 4.94. The normalized spacial score (nSPS) is 16.6. The van der Waals surface area contributed by atoms with Crippen molar-refractivity contribution in [3.63, 3.8) is 0 Å². The lowest BCUT2D eigenvalue weighted by Crippen LogP contribution is -2.24. The minimum atomic E-state index is 0.346. The Hall–Kier alpha value is -6.58. The summed E-state index contributed by atoms with van der Waals surface area (Å²) in [5.41, 5.74) is 14.6. The summed E-state index contributed by atoms with van der Waals surface area (Å²) in [7, 11) is 0. The van der Waals surface area contributed by atoms with Crippen LogP contribution in [-0.2, 0) is 0 Å². The van der Waals surface area contributed by atoms with Crippen molar-refractivity contribution in [2.45, 2.75) is 52.9 Å².